The molecule has 0 saturated heterocycles. The number of amides is 1. The van der Waals surface area contributed by atoms with Gasteiger partial charge in [-0.15, -0.1) is 0 Å². The average Bonchev–Trinajstić information content (AvgIpc) is 3.19. The van der Waals surface area contributed by atoms with Crippen molar-refractivity contribution in [2.45, 2.75) is 19.3 Å². The molecule has 2 aromatic carbocycles. The monoisotopic (exact) mass is 354 g/mol. The molecule has 0 N–H and O–H groups in total. The molecule has 4 rings (SSSR count). The molecule has 0 unspecified atom stereocenters. The predicted molar refractivity (Wildman–Crippen MR) is 96.9 cm³/mol. The first-order valence-electron chi connectivity index (χ1n) is 8.21. The highest BCUT2D eigenvalue weighted by Gasteiger charge is 2.16. The van der Waals surface area contributed by atoms with Gasteiger partial charge in [-0.05, 0) is 18.4 Å². The Hall–Kier alpha value is -2.60. The third-order valence-corrected chi connectivity index (χ3v) is 5.32. The largest absolute Gasteiger partial charge is 0.454 e. The van der Waals surface area contributed by atoms with Crippen LogP contribution in [0.3, 0.4) is 0 Å². The van der Waals surface area contributed by atoms with Crippen molar-refractivity contribution < 1.29 is 14.3 Å². The lowest BCUT2D eigenvalue weighted by Crippen LogP contribution is -2.13. The van der Waals surface area contributed by atoms with Gasteiger partial charge in [-0.25, -0.2) is 0 Å². The van der Waals surface area contributed by atoms with Crippen LogP contribution < -0.4 is 14.3 Å². The van der Waals surface area contributed by atoms with Crippen molar-refractivity contribution in [1.29, 1.82) is 0 Å². The summed E-state index contributed by atoms with van der Waals surface area (Å²) >= 11 is 1.49. The summed E-state index contributed by atoms with van der Waals surface area (Å²) < 4.78 is 13.8. The molecule has 0 atom stereocenters. The minimum Gasteiger partial charge on any atom is -0.454 e. The molecular weight excluding hydrogens is 336 g/mol. The molecule has 1 aliphatic heterocycles. The number of carbonyl (C=O) groups is 1. The van der Waals surface area contributed by atoms with E-state index in [-0.39, 0.29) is 12.7 Å². The zero-order chi connectivity index (χ0) is 17.2. The molecule has 0 bridgehead atoms. The molecule has 1 aliphatic rings. The Morgan fingerprint density at radius 2 is 1.96 bits per heavy atom. The highest BCUT2D eigenvalue weighted by molar-refractivity contribution is 7.16. The summed E-state index contributed by atoms with van der Waals surface area (Å²) in [6, 6.07) is 14.1. The van der Waals surface area contributed by atoms with E-state index in [1.54, 1.807) is 0 Å². The lowest BCUT2D eigenvalue weighted by atomic mass is 10.1. The molecule has 0 spiro atoms. The number of carbonyl (C=O) groups excluding carboxylic acids is 1. The lowest BCUT2D eigenvalue weighted by Gasteiger charge is -1.99. The highest BCUT2D eigenvalue weighted by atomic mass is 32.1. The maximum Gasteiger partial charge on any atom is 0.248 e. The maximum absolute atomic E-state index is 12.2. The van der Waals surface area contributed by atoms with Crippen LogP contribution in [0.2, 0.25) is 0 Å². The van der Waals surface area contributed by atoms with Crippen LogP contribution in [0.15, 0.2) is 47.5 Å². The normalized spacial score (nSPS) is 13.6. The summed E-state index contributed by atoms with van der Waals surface area (Å²) in [6.45, 7) is 0.257. The molecule has 0 saturated carbocycles. The standard InChI is InChI=1S/C19H18N2O3S/c1-21-14-10-15-16(24-12-23-15)11-17(14)25-19(21)20-18(22)9-5-8-13-6-3-2-4-7-13/h2-4,6-7,10-11H,5,8-9,12H2,1H3. The van der Waals surface area contributed by atoms with E-state index in [0.717, 1.165) is 34.6 Å². The fourth-order valence-corrected chi connectivity index (χ4v) is 3.92. The number of hydrogen-bond acceptors (Lipinski definition) is 4. The van der Waals surface area contributed by atoms with E-state index in [1.807, 2.05) is 41.9 Å². The highest BCUT2D eigenvalue weighted by Crippen LogP contribution is 2.36. The van der Waals surface area contributed by atoms with E-state index in [9.17, 15) is 4.79 Å². The first-order valence-corrected chi connectivity index (χ1v) is 9.03. The number of rotatable bonds is 4. The molecule has 0 fully saturated rings. The number of nitrogens with zero attached hydrogens (tertiary/aromatic N) is 2. The van der Waals surface area contributed by atoms with E-state index in [1.165, 1.54) is 16.9 Å². The van der Waals surface area contributed by atoms with Crippen LogP contribution in [0.25, 0.3) is 10.2 Å². The van der Waals surface area contributed by atoms with E-state index in [0.29, 0.717) is 11.2 Å². The Morgan fingerprint density at radius 3 is 2.76 bits per heavy atom. The van der Waals surface area contributed by atoms with Crippen LogP contribution in [-0.2, 0) is 18.3 Å². The zero-order valence-electron chi connectivity index (χ0n) is 13.9. The molecule has 128 valence electrons. The minimum absolute atomic E-state index is 0.0851. The summed E-state index contributed by atoms with van der Waals surface area (Å²) in [7, 11) is 1.91. The number of fused-ring (bicyclic) bond motifs is 2. The lowest BCUT2D eigenvalue weighted by molar-refractivity contribution is -0.118. The van der Waals surface area contributed by atoms with E-state index >= 15 is 0 Å². The summed E-state index contributed by atoms with van der Waals surface area (Å²) in [6.07, 6.45) is 2.14. The average molecular weight is 354 g/mol. The quantitative estimate of drug-likeness (QED) is 0.721. The maximum atomic E-state index is 12.2. The Labute approximate surface area is 149 Å². The second kappa shape index (κ2) is 6.72. The topological polar surface area (TPSA) is 52.8 Å². The molecule has 1 amide bonds. The molecule has 25 heavy (non-hydrogen) atoms. The van der Waals surface area contributed by atoms with Crippen molar-refractivity contribution in [3.8, 4) is 11.5 Å². The van der Waals surface area contributed by atoms with Gasteiger partial charge < -0.3 is 14.0 Å². The fourth-order valence-electron chi connectivity index (χ4n) is 2.88. The molecule has 0 aliphatic carbocycles. The van der Waals surface area contributed by atoms with Crippen molar-refractivity contribution in [2.24, 2.45) is 12.0 Å². The van der Waals surface area contributed by atoms with Crippen LogP contribution in [0.4, 0.5) is 0 Å². The van der Waals surface area contributed by atoms with E-state index in [4.69, 9.17) is 9.47 Å². The third-order valence-electron chi connectivity index (χ3n) is 4.22. The van der Waals surface area contributed by atoms with Gasteiger partial charge in [0.2, 0.25) is 12.7 Å². The van der Waals surface area contributed by atoms with Gasteiger partial charge in [-0.2, -0.15) is 4.99 Å². The number of ether oxygens (including phenoxy) is 2. The SMILES string of the molecule is Cn1c(=NC(=O)CCCc2ccccc2)sc2cc3c(cc21)OCO3. The van der Waals surface area contributed by atoms with Crippen molar-refractivity contribution >= 4 is 27.5 Å². The second-order valence-electron chi connectivity index (χ2n) is 5.96. The smallest absolute Gasteiger partial charge is 0.248 e. The van der Waals surface area contributed by atoms with Gasteiger partial charge in [-0.1, -0.05) is 41.7 Å². The van der Waals surface area contributed by atoms with Crippen LogP contribution in [-0.4, -0.2) is 17.3 Å². The van der Waals surface area contributed by atoms with Gasteiger partial charge >= 0.3 is 0 Å². The Morgan fingerprint density at radius 1 is 1.20 bits per heavy atom. The first-order chi connectivity index (χ1) is 12.2. The third kappa shape index (κ3) is 3.30. The van der Waals surface area contributed by atoms with Crippen LogP contribution in [0.5, 0.6) is 11.5 Å². The molecule has 5 nitrogen and oxygen atoms in total. The number of aryl methyl sites for hydroxylation is 2. The van der Waals surface area contributed by atoms with Crippen LogP contribution in [0, 0.1) is 0 Å². The van der Waals surface area contributed by atoms with Crippen molar-refractivity contribution in [1.82, 2.24) is 4.57 Å². The Balaban J connectivity index is 1.50. The number of hydrogen-bond donors (Lipinski definition) is 0. The number of benzene rings is 2. The predicted octanol–water partition coefficient (Wildman–Crippen LogP) is 3.42. The van der Waals surface area contributed by atoms with Gasteiger partial charge in [0.1, 0.15) is 0 Å². The van der Waals surface area contributed by atoms with Gasteiger partial charge in [0.05, 0.1) is 10.2 Å². The van der Waals surface area contributed by atoms with E-state index in [2.05, 4.69) is 17.1 Å². The van der Waals surface area contributed by atoms with Gasteiger partial charge in [0.15, 0.2) is 16.3 Å². The first kappa shape index (κ1) is 15.9. The number of aromatic nitrogens is 1. The zero-order valence-corrected chi connectivity index (χ0v) is 14.7. The van der Waals surface area contributed by atoms with Gasteiger partial charge in [0, 0.05) is 25.6 Å². The molecule has 2 heterocycles. The molecule has 6 heteroatoms. The van der Waals surface area contributed by atoms with Crippen molar-refractivity contribution in [2.75, 3.05) is 6.79 Å². The Bertz CT molecular complexity index is 989. The molecular formula is C19H18N2O3S. The van der Waals surface area contributed by atoms with Crippen LogP contribution in [0.1, 0.15) is 18.4 Å². The summed E-state index contributed by atoms with van der Waals surface area (Å²) in [5.74, 6) is 1.40. The second-order valence-corrected chi connectivity index (χ2v) is 6.97. The summed E-state index contributed by atoms with van der Waals surface area (Å²) in [5.41, 5.74) is 2.24. The summed E-state index contributed by atoms with van der Waals surface area (Å²) in [5, 5.41) is 0. The fraction of sp³-hybridized carbons (Fsp3) is 0.263. The van der Waals surface area contributed by atoms with Gasteiger partial charge in [-0.3, -0.25) is 4.79 Å². The molecule has 0 radical (unpaired) electrons. The van der Waals surface area contributed by atoms with Crippen LogP contribution >= 0.6 is 11.3 Å². The number of thiazole rings is 1. The van der Waals surface area contributed by atoms with Crippen molar-refractivity contribution in [3.05, 3.63) is 52.8 Å². The molecule has 3 aromatic rings. The molecule has 1 aromatic heterocycles. The van der Waals surface area contributed by atoms with Gasteiger partial charge in [0.25, 0.3) is 0 Å². The summed E-state index contributed by atoms with van der Waals surface area (Å²) in [4.78, 5) is 17.2. The van der Waals surface area contributed by atoms with Crippen molar-refractivity contribution in [3.63, 3.8) is 0 Å². The minimum atomic E-state index is -0.0851. The Kier molecular flexibility index (Phi) is 4.28. The van der Waals surface area contributed by atoms with E-state index < -0.39 is 0 Å².